The lowest BCUT2D eigenvalue weighted by Gasteiger charge is -2.11. The van der Waals surface area contributed by atoms with Gasteiger partial charge in [-0.3, -0.25) is 9.89 Å². The number of carbonyl (C=O) groups is 1. The highest BCUT2D eigenvalue weighted by atomic mass is 16.1. The lowest BCUT2D eigenvalue weighted by molar-refractivity contribution is -0.115. The summed E-state index contributed by atoms with van der Waals surface area (Å²) in [5, 5.41) is 11.1. The molecule has 4 aromatic rings. The summed E-state index contributed by atoms with van der Waals surface area (Å²) in [5.74, 6) is 0.716. The van der Waals surface area contributed by atoms with Crippen molar-refractivity contribution in [3.8, 4) is 11.3 Å². The molecule has 0 fully saturated rings. The Morgan fingerprint density at radius 1 is 1.21 bits per heavy atom. The standard InChI is InChI=1S/C21H20N6O/c1-2-13-5-3-4-6-16(13)18-9-14-10-19(23-12-17(14)21(22)25-18)26-20(28)11-15-7-8-24-27-15/h3-10,12H,2,11H2,1H3,(H2,22,25)(H,24,27)(H,23,26,28). The third-order valence-corrected chi connectivity index (χ3v) is 4.60. The summed E-state index contributed by atoms with van der Waals surface area (Å²) in [5.41, 5.74) is 9.99. The van der Waals surface area contributed by atoms with Crippen molar-refractivity contribution in [2.75, 3.05) is 11.1 Å². The van der Waals surface area contributed by atoms with Gasteiger partial charge in [0.15, 0.2) is 0 Å². The molecule has 4 rings (SSSR count). The van der Waals surface area contributed by atoms with Crippen molar-refractivity contribution in [3.63, 3.8) is 0 Å². The zero-order valence-electron chi connectivity index (χ0n) is 15.4. The number of fused-ring (bicyclic) bond motifs is 1. The Kier molecular flexibility index (Phi) is 4.72. The number of nitrogens with two attached hydrogens (primary N) is 1. The second kappa shape index (κ2) is 7.48. The van der Waals surface area contributed by atoms with Crippen LogP contribution >= 0.6 is 0 Å². The molecule has 7 heteroatoms. The molecule has 0 bridgehead atoms. The van der Waals surface area contributed by atoms with Gasteiger partial charge in [-0.25, -0.2) is 9.97 Å². The number of hydrogen-bond donors (Lipinski definition) is 3. The van der Waals surface area contributed by atoms with Crippen molar-refractivity contribution in [2.24, 2.45) is 0 Å². The van der Waals surface area contributed by atoms with E-state index in [-0.39, 0.29) is 12.3 Å². The first-order valence-electron chi connectivity index (χ1n) is 9.06. The van der Waals surface area contributed by atoms with Crippen LogP contribution in [0.25, 0.3) is 22.0 Å². The SMILES string of the molecule is CCc1ccccc1-c1cc2cc(NC(=O)Cc3ccn[nH]3)ncc2c(N)n1. The van der Waals surface area contributed by atoms with E-state index in [9.17, 15) is 4.79 Å². The number of carbonyl (C=O) groups excluding carboxylic acids is 1. The number of pyridine rings is 2. The normalized spacial score (nSPS) is 10.9. The predicted octanol–water partition coefficient (Wildman–Crippen LogP) is 3.35. The van der Waals surface area contributed by atoms with Gasteiger partial charge in [0.25, 0.3) is 0 Å². The van der Waals surface area contributed by atoms with Crippen molar-refractivity contribution >= 4 is 28.3 Å². The van der Waals surface area contributed by atoms with Crippen LogP contribution in [-0.2, 0) is 17.6 Å². The second-order valence-electron chi connectivity index (χ2n) is 6.50. The van der Waals surface area contributed by atoms with Crippen LogP contribution in [0, 0.1) is 0 Å². The number of benzene rings is 1. The number of nitrogen functional groups attached to an aromatic ring is 1. The average molecular weight is 372 g/mol. The number of aryl methyl sites for hydroxylation is 1. The van der Waals surface area contributed by atoms with E-state index in [0.717, 1.165) is 34.1 Å². The number of anilines is 2. The van der Waals surface area contributed by atoms with Gasteiger partial charge in [0, 0.05) is 29.0 Å². The van der Waals surface area contributed by atoms with Crippen LogP contribution < -0.4 is 11.1 Å². The van der Waals surface area contributed by atoms with Crippen molar-refractivity contribution in [1.82, 2.24) is 20.2 Å². The minimum absolute atomic E-state index is 0.172. The summed E-state index contributed by atoms with van der Waals surface area (Å²) in [7, 11) is 0. The number of amides is 1. The number of hydrogen-bond acceptors (Lipinski definition) is 5. The molecule has 3 aromatic heterocycles. The zero-order chi connectivity index (χ0) is 19.5. The van der Waals surface area contributed by atoms with Crippen LogP contribution in [0.5, 0.6) is 0 Å². The Morgan fingerprint density at radius 2 is 2.07 bits per heavy atom. The molecule has 0 unspecified atom stereocenters. The number of H-pyrrole nitrogens is 1. The topological polar surface area (TPSA) is 110 Å². The number of nitrogens with zero attached hydrogens (tertiary/aromatic N) is 3. The highest BCUT2D eigenvalue weighted by Gasteiger charge is 2.11. The molecule has 0 saturated carbocycles. The van der Waals surface area contributed by atoms with Gasteiger partial charge in [-0.2, -0.15) is 5.10 Å². The molecule has 0 atom stereocenters. The van der Waals surface area contributed by atoms with Crippen LogP contribution in [0.3, 0.4) is 0 Å². The highest BCUT2D eigenvalue weighted by molar-refractivity contribution is 5.97. The summed E-state index contributed by atoms with van der Waals surface area (Å²) < 4.78 is 0. The van der Waals surface area contributed by atoms with Gasteiger partial charge in [0.2, 0.25) is 5.91 Å². The summed E-state index contributed by atoms with van der Waals surface area (Å²) in [6.45, 7) is 2.11. The van der Waals surface area contributed by atoms with Crippen LogP contribution in [0.2, 0.25) is 0 Å². The Balaban J connectivity index is 1.67. The molecule has 4 N–H and O–H groups in total. The predicted molar refractivity (Wildman–Crippen MR) is 110 cm³/mol. The molecule has 0 spiro atoms. The maximum atomic E-state index is 12.2. The molecule has 1 amide bonds. The maximum Gasteiger partial charge on any atom is 0.231 e. The summed E-state index contributed by atoms with van der Waals surface area (Å²) in [6, 6.07) is 13.7. The molecule has 3 heterocycles. The quantitative estimate of drug-likeness (QED) is 0.498. The molecule has 7 nitrogen and oxygen atoms in total. The summed E-state index contributed by atoms with van der Waals surface area (Å²) >= 11 is 0. The number of aromatic amines is 1. The van der Waals surface area contributed by atoms with E-state index in [2.05, 4.69) is 38.5 Å². The first-order chi connectivity index (χ1) is 13.6. The van der Waals surface area contributed by atoms with E-state index in [1.165, 1.54) is 5.56 Å². The van der Waals surface area contributed by atoms with Gasteiger partial charge in [-0.05, 0) is 35.6 Å². The fraction of sp³-hybridized carbons (Fsp3) is 0.143. The maximum absolute atomic E-state index is 12.2. The first kappa shape index (κ1) is 17.7. The van der Waals surface area contributed by atoms with Gasteiger partial charge in [-0.1, -0.05) is 31.2 Å². The Hall–Kier alpha value is -3.74. The molecule has 1 aromatic carbocycles. The van der Waals surface area contributed by atoms with Gasteiger partial charge in [0.1, 0.15) is 11.6 Å². The molecule has 28 heavy (non-hydrogen) atoms. The zero-order valence-corrected chi connectivity index (χ0v) is 15.4. The van der Waals surface area contributed by atoms with E-state index in [4.69, 9.17) is 5.73 Å². The Labute approximate surface area is 162 Å². The first-order valence-corrected chi connectivity index (χ1v) is 9.06. The summed E-state index contributed by atoms with van der Waals surface area (Å²) in [4.78, 5) is 21.1. The van der Waals surface area contributed by atoms with Gasteiger partial charge >= 0.3 is 0 Å². The molecular weight excluding hydrogens is 352 g/mol. The monoisotopic (exact) mass is 372 g/mol. The smallest absolute Gasteiger partial charge is 0.231 e. The Morgan fingerprint density at radius 3 is 2.86 bits per heavy atom. The van der Waals surface area contributed by atoms with E-state index in [0.29, 0.717) is 11.6 Å². The van der Waals surface area contributed by atoms with Crippen molar-refractivity contribution in [1.29, 1.82) is 0 Å². The van der Waals surface area contributed by atoms with Crippen LogP contribution in [0.15, 0.2) is 54.9 Å². The fourth-order valence-electron chi connectivity index (χ4n) is 3.20. The van der Waals surface area contributed by atoms with Crippen molar-refractivity contribution in [3.05, 3.63) is 66.1 Å². The fourth-order valence-corrected chi connectivity index (χ4v) is 3.20. The van der Waals surface area contributed by atoms with Crippen LogP contribution in [-0.4, -0.2) is 26.1 Å². The molecule has 0 aliphatic heterocycles. The second-order valence-corrected chi connectivity index (χ2v) is 6.50. The minimum atomic E-state index is -0.172. The molecule has 0 saturated heterocycles. The van der Waals surface area contributed by atoms with Crippen molar-refractivity contribution < 1.29 is 4.79 Å². The van der Waals surface area contributed by atoms with Crippen molar-refractivity contribution in [2.45, 2.75) is 19.8 Å². The average Bonchev–Trinajstić information content (AvgIpc) is 3.20. The third kappa shape index (κ3) is 3.55. The number of nitrogens with one attached hydrogen (secondary N) is 2. The van der Waals surface area contributed by atoms with E-state index >= 15 is 0 Å². The molecule has 140 valence electrons. The van der Waals surface area contributed by atoms with Gasteiger partial charge < -0.3 is 11.1 Å². The van der Waals surface area contributed by atoms with E-state index in [1.54, 1.807) is 18.5 Å². The molecule has 0 aliphatic rings. The van der Waals surface area contributed by atoms with Crippen LogP contribution in [0.4, 0.5) is 11.6 Å². The lowest BCUT2D eigenvalue weighted by atomic mass is 10.0. The van der Waals surface area contributed by atoms with E-state index in [1.807, 2.05) is 30.3 Å². The lowest BCUT2D eigenvalue weighted by Crippen LogP contribution is -2.15. The minimum Gasteiger partial charge on any atom is -0.383 e. The number of rotatable bonds is 5. The van der Waals surface area contributed by atoms with Crippen LogP contribution in [0.1, 0.15) is 18.2 Å². The Bertz CT molecular complexity index is 1140. The number of aromatic nitrogens is 4. The molecule has 0 aliphatic carbocycles. The van der Waals surface area contributed by atoms with E-state index < -0.39 is 0 Å². The highest BCUT2D eigenvalue weighted by Crippen LogP contribution is 2.29. The largest absolute Gasteiger partial charge is 0.383 e. The van der Waals surface area contributed by atoms with Gasteiger partial charge in [-0.15, -0.1) is 0 Å². The molecular formula is C21H20N6O. The summed E-state index contributed by atoms with van der Waals surface area (Å²) in [6.07, 6.45) is 4.36. The van der Waals surface area contributed by atoms with Gasteiger partial charge in [0.05, 0.1) is 12.1 Å². The molecule has 0 radical (unpaired) electrons. The third-order valence-electron chi connectivity index (χ3n) is 4.60.